The van der Waals surface area contributed by atoms with E-state index in [9.17, 15) is 27.6 Å². The Morgan fingerprint density at radius 3 is 1.88 bits per heavy atom. The van der Waals surface area contributed by atoms with Gasteiger partial charge in [-0.25, -0.2) is 4.79 Å². The van der Waals surface area contributed by atoms with E-state index in [-0.39, 0.29) is 6.61 Å². The number of amides is 3. The first-order chi connectivity index (χ1) is 11.0. The van der Waals surface area contributed by atoms with E-state index in [2.05, 4.69) is 4.74 Å². The van der Waals surface area contributed by atoms with Crippen LogP contribution in [-0.2, 0) is 14.3 Å². The van der Waals surface area contributed by atoms with Crippen molar-refractivity contribution in [1.82, 2.24) is 9.80 Å². The molecule has 25 heavy (non-hydrogen) atoms. The van der Waals surface area contributed by atoms with Gasteiger partial charge in [0.25, 0.3) is 5.91 Å². The highest BCUT2D eigenvalue weighted by Crippen LogP contribution is 2.41. The van der Waals surface area contributed by atoms with Crippen molar-refractivity contribution < 1.29 is 32.3 Å². The van der Waals surface area contributed by atoms with Crippen LogP contribution in [0.15, 0.2) is 0 Å². The summed E-state index contributed by atoms with van der Waals surface area (Å²) in [5.41, 5.74) is -2.13. The van der Waals surface area contributed by atoms with Gasteiger partial charge in [-0.3, -0.25) is 14.5 Å². The lowest BCUT2D eigenvalue weighted by atomic mass is 9.93. The summed E-state index contributed by atoms with van der Waals surface area (Å²) < 4.78 is 45.4. The van der Waals surface area contributed by atoms with Gasteiger partial charge in [0.15, 0.2) is 5.92 Å². The van der Waals surface area contributed by atoms with Crippen molar-refractivity contribution >= 4 is 17.9 Å². The summed E-state index contributed by atoms with van der Waals surface area (Å²) in [6.45, 7) is 10.3. The monoisotopic (exact) mass is 366 g/mol. The summed E-state index contributed by atoms with van der Waals surface area (Å²) in [6, 6.07) is -2.85. The van der Waals surface area contributed by atoms with E-state index in [4.69, 9.17) is 0 Å². The predicted molar refractivity (Wildman–Crippen MR) is 83.6 cm³/mol. The van der Waals surface area contributed by atoms with Gasteiger partial charge in [0.1, 0.15) is 6.04 Å². The van der Waals surface area contributed by atoms with Crippen LogP contribution in [0.25, 0.3) is 0 Å². The maximum Gasteiger partial charge on any atom is 0.404 e. The number of rotatable bonds is 3. The van der Waals surface area contributed by atoms with Crippen molar-refractivity contribution in [2.24, 2.45) is 5.92 Å². The molecule has 0 aromatic rings. The first-order valence-corrected chi connectivity index (χ1v) is 7.95. The molecule has 0 aromatic carbocycles. The van der Waals surface area contributed by atoms with E-state index in [0.717, 1.165) is 9.80 Å². The fourth-order valence-corrected chi connectivity index (χ4v) is 2.85. The summed E-state index contributed by atoms with van der Waals surface area (Å²) in [5.74, 6) is -5.36. The van der Waals surface area contributed by atoms with Gasteiger partial charge in [-0.05, 0) is 48.5 Å². The zero-order valence-electron chi connectivity index (χ0n) is 15.5. The van der Waals surface area contributed by atoms with Gasteiger partial charge >= 0.3 is 18.2 Å². The van der Waals surface area contributed by atoms with Crippen LogP contribution in [0.4, 0.5) is 18.0 Å². The standard InChI is InChI=1S/C16H25F3N2O4/c1-8-25-12(23)9(16(17,18)19)10-11(22)21(15(5,6)7)13(24)20(10)14(2,3)4/h9-10H,8H2,1-7H3/t9-,10+/m1/s1. The minimum atomic E-state index is -5.04. The molecule has 1 saturated heterocycles. The molecule has 0 radical (unpaired) electrons. The molecule has 1 aliphatic heterocycles. The number of hydrogen-bond acceptors (Lipinski definition) is 4. The van der Waals surface area contributed by atoms with Crippen molar-refractivity contribution in [3.05, 3.63) is 0 Å². The van der Waals surface area contributed by atoms with Crippen LogP contribution in [0.5, 0.6) is 0 Å². The van der Waals surface area contributed by atoms with E-state index in [1.807, 2.05) is 0 Å². The molecule has 0 N–H and O–H groups in total. The predicted octanol–water partition coefficient (Wildman–Crippen LogP) is 2.96. The fourth-order valence-electron chi connectivity index (χ4n) is 2.85. The zero-order valence-corrected chi connectivity index (χ0v) is 15.5. The minimum Gasteiger partial charge on any atom is -0.465 e. The molecule has 1 fully saturated rings. The van der Waals surface area contributed by atoms with Crippen molar-refractivity contribution in [2.75, 3.05) is 6.61 Å². The van der Waals surface area contributed by atoms with Gasteiger partial charge in [0.2, 0.25) is 0 Å². The number of imide groups is 1. The minimum absolute atomic E-state index is 0.265. The number of nitrogens with zero attached hydrogens (tertiary/aromatic N) is 2. The summed E-state index contributed by atoms with van der Waals surface area (Å²) in [6.07, 6.45) is -5.04. The van der Waals surface area contributed by atoms with Gasteiger partial charge in [-0.1, -0.05) is 0 Å². The SMILES string of the molecule is CCOC(=O)[C@@H]([C@H]1C(=O)N(C(C)(C)C)C(=O)N1C(C)(C)C)C(F)(F)F. The quantitative estimate of drug-likeness (QED) is 0.569. The molecule has 1 aliphatic rings. The van der Waals surface area contributed by atoms with Crippen LogP contribution in [0.1, 0.15) is 48.5 Å². The average Bonchev–Trinajstić information content (AvgIpc) is 2.58. The number of halogens is 3. The molecule has 0 unspecified atom stereocenters. The number of hydrogen-bond donors (Lipinski definition) is 0. The zero-order chi connectivity index (χ0) is 20.0. The highest BCUT2D eigenvalue weighted by Gasteiger charge is 2.63. The molecule has 9 heteroatoms. The summed E-state index contributed by atoms with van der Waals surface area (Å²) in [5, 5.41) is 0. The lowest BCUT2D eigenvalue weighted by molar-refractivity contribution is -0.208. The van der Waals surface area contributed by atoms with Crippen molar-refractivity contribution in [1.29, 1.82) is 0 Å². The van der Waals surface area contributed by atoms with Gasteiger partial charge < -0.3 is 9.64 Å². The van der Waals surface area contributed by atoms with Crippen LogP contribution >= 0.6 is 0 Å². The lowest BCUT2D eigenvalue weighted by Gasteiger charge is -2.38. The second-order valence-electron chi connectivity index (χ2n) is 7.88. The number of carbonyl (C=O) groups is 3. The van der Waals surface area contributed by atoms with Crippen LogP contribution in [-0.4, -0.2) is 57.6 Å². The third-order valence-electron chi connectivity index (χ3n) is 3.75. The smallest absolute Gasteiger partial charge is 0.404 e. The lowest BCUT2D eigenvalue weighted by Crippen LogP contribution is -2.56. The van der Waals surface area contributed by atoms with E-state index in [1.54, 1.807) is 20.8 Å². The number of alkyl halides is 3. The van der Waals surface area contributed by atoms with Crippen molar-refractivity contribution in [3.63, 3.8) is 0 Å². The molecule has 1 rings (SSSR count). The van der Waals surface area contributed by atoms with E-state index < -0.39 is 47.1 Å². The van der Waals surface area contributed by atoms with Crippen LogP contribution in [0, 0.1) is 5.92 Å². The molecule has 0 saturated carbocycles. The Labute approximate surface area is 145 Å². The number of esters is 1. The maximum absolute atomic E-state index is 13.6. The highest BCUT2D eigenvalue weighted by atomic mass is 19.4. The molecular weight excluding hydrogens is 341 g/mol. The molecule has 0 aliphatic carbocycles. The van der Waals surface area contributed by atoms with Gasteiger partial charge in [-0.2, -0.15) is 13.2 Å². The first-order valence-electron chi connectivity index (χ1n) is 7.95. The molecule has 3 amide bonds. The Kier molecular flexibility index (Phi) is 5.52. The van der Waals surface area contributed by atoms with Gasteiger partial charge in [0, 0.05) is 11.1 Å². The Hall–Kier alpha value is -1.80. The Morgan fingerprint density at radius 1 is 1.08 bits per heavy atom. The third-order valence-corrected chi connectivity index (χ3v) is 3.75. The molecule has 0 spiro atoms. The Bertz CT molecular complexity index is 561. The van der Waals surface area contributed by atoms with E-state index in [0.29, 0.717) is 0 Å². The number of ether oxygens (including phenoxy) is 1. The first kappa shape index (κ1) is 21.2. The largest absolute Gasteiger partial charge is 0.465 e. The fraction of sp³-hybridized carbons (Fsp3) is 0.812. The Morgan fingerprint density at radius 2 is 1.56 bits per heavy atom. The molecule has 1 heterocycles. The van der Waals surface area contributed by atoms with E-state index >= 15 is 0 Å². The molecule has 0 aromatic heterocycles. The molecule has 2 atom stereocenters. The summed E-state index contributed by atoms with van der Waals surface area (Å²) in [7, 11) is 0. The third kappa shape index (κ3) is 4.07. The highest BCUT2D eigenvalue weighted by molar-refractivity contribution is 6.07. The second-order valence-corrected chi connectivity index (χ2v) is 7.88. The molecular formula is C16H25F3N2O4. The van der Waals surface area contributed by atoms with Crippen molar-refractivity contribution in [3.8, 4) is 0 Å². The summed E-state index contributed by atoms with van der Waals surface area (Å²) >= 11 is 0. The topological polar surface area (TPSA) is 66.9 Å². The number of carbonyl (C=O) groups excluding carboxylic acids is 3. The molecule has 0 bridgehead atoms. The Balaban J connectivity index is 3.56. The second kappa shape index (κ2) is 6.49. The summed E-state index contributed by atoms with van der Waals surface area (Å²) in [4.78, 5) is 39.1. The van der Waals surface area contributed by atoms with Gasteiger partial charge in [-0.15, -0.1) is 0 Å². The van der Waals surface area contributed by atoms with Gasteiger partial charge in [0.05, 0.1) is 6.61 Å². The molecule has 144 valence electrons. The van der Waals surface area contributed by atoms with Crippen LogP contribution in [0.3, 0.4) is 0 Å². The molecule has 6 nitrogen and oxygen atoms in total. The van der Waals surface area contributed by atoms with Crippen LogP contribution in [0.2, 0.25) is 0 Å². The maximum atomic E-state index is 13.6. The van der Waals surface area contributed by atoms with Crippen LogP contribution < -0.4 is 0 Å². The number of urea groups is 1. The average molecular weight is 366 g/mol. The van der Waals surface area contributed by atoms with E-state index in [1.165, 1.54) is 27.7 Å². The van der Waals surface area contributed by atoms with Crippen molar-refractivity contribution in [2.45, 2.75) is 71.8 Å². The normalized spacial score (nSPS) is 21.0.